The van der Waals surface area contributed by atoms with Crippen LogP contribution in [0.4, 0.5) is 5.69 Å². The van der Waals surface area contributed by atoms with E-state index < -0.39 is 24.0 Å². The zero-order chi connectivity index (χ0) is 20.8. The van der Waals surface area contributed by atoms with E-state index in [1.807, 2.05) is 0 Å². The summed E-state index contributed by atoms with van der Waals surface area (Å²) in [6, 6.07) is 12.4. The molecule has 3 aromatic rings. The molecule has 0 saturated heterocycles. The molecular weight excluding hydrogens is 380 g/mol. The smallest absolute Gasteiger partial charge is 0.336 e. The van der Waals surface area contributed by atoms with Gasteiger partial charge in [0.1, 0.15) is 23.6 Å². The highest BCUT2D eigenvalue weighted by molar-refractivity contribution is 5.89. The van der Waals surface area contributed by atoms with Crippen molar-refractivity contribution in [3.05, 3.63) is 75.0 Å². The molecule has 0 radical (unpaired) electrons. The van der Waals surface area contributed by atoms with Crippen molar-refractivity contribution in [1.82, 2.24) is 5.32 Å². The highest BCUT2D eigenvalue weighted by Crippen LogP contribution is 2.28. The Balaban J connectivity index is 1.84. The topological polar surface area (TPSA) is 155 Å². The van der Waals surface area contributed by atoms with E-state index in [0.717, 1.165) is 0 Å². The molecule has 3 rings (SSSR count). The van der Waals surface area contributed by atoms with Crippen molar-refractivity contribution in [2.75, 3.05) is 6.54 Å². The fourth-order valence-corrected chi connectivity index (χ4v) is 2.60. The lowest BCUT2D eigenvalue weighted by molar-refractivity contribution is -0.137. The molecule has 10 heteroatoms. The van der Waals surface area contributed by atoms with Crippen molar-refractivity contribution >= 4 is 28.5 Å². The molecule has 0 unspecified atom stereocenters. The number of benzene rings is 2. The maximum absolute atomic E-state index is 11.9. The molecule has 146 valence electrons. The average Bonchev–Trinajstić information content (AvgIpc) is 2.68. The Kier molecular flexibility index (Phi) is 5.77. The van der Waals surface area contributed by atoms with Crippen LogP contribution >= 0.6 is 0 Å². The quantitative estimate of drug-likeness (QED) is 0.271. The number of aliphatic carboxylic acids is 1. The molecule has 0 aliphatic heterocycles. The molecule has 2 aromatic carbocycles. The molecule has 0 aliphatic rings. The third-order valence-corrected chi connectivity index (χ3v) is 3.82. The van der Waals surface area contributed by atoms with Crippen LogP contribution in [0.2, 0.25) is 0 Å². The molecule has 0 atom stereocenters. The largest absolute Gasteiger partial charge is 0.480 e. The summed E-state index contributed by atoms with van der Waals surface area (Å²) in [6.45, 7) is -0.505. The van der Waals surface area contributed by atoms with Crippen LogP contribution in [-0.4, -0.2) is 23.5 Å². The number of rotatable bonds is 7. The molecule has 2 N–H and O–H groups in total. The number of hydrogen-bond acceptors (Lipinski definition) is 6. The zero-order valence-corrected chi connectivity index (χ0v) is 14.9. The summed E-state index contributed by atoms with van der Waals surface area (Å²) in [5, 5.41) is 14.9. The van der Waals surface area contributed by atoms with Gasteiger partial charge in [0.2, 0.25) is 5.91 Å². The van der Waals surface area contributed by atoms with Crippen LogP contribution in [0.1, 0.15) is 5.56 Å². The highest BCUT2D eigenvalue weighted by atomic mass is 16.5. The van der Waals surface area contributed by atoms with Crippen molar-refractivity contribution in [3.63, 3.8) is 0 Å². The van der Waals surface area contributed by atoms with Crippen molar-refractivity contribution in [3.8, 4) is 11.5 Å². The molecule has 1 aromatic heterocycles. The van der Waals surface area contributed by atoms with Crippen molar-refractivity contribution in [1.29, 1.82) is 0 Å². The monoisotopic (exact) mass is 394 g/mol. The molecule has 29 heavy (non-hydrogen) atoms. The second kappa shape index (κ2) is 8.59. The Bertz CT molecular complexity index is 1180. The minimum Gasteiger partial charge on any atom is -0.480 e. The van der Waals surface area contributed by atoms with E-state index in [0.29, 0.717) is 28.1 Å². The van der Waals surface area contributed by atoms with E-state index >= 15 is 0 Å². The summed E-state index contributed by atoms with van der Waals surface area (Å²) in [6.07, 6.45) is -0.170. The number of ether oxygens (including phenoxy) is 1. The van der Waals surface area contributed by atoms with Crippen LogP contribution in [0, 0.1) is 0 Å². The Morgan fingerprint density at radius 3 is 2.55 bits per heavy atom. The summed E-state index contributed by atoms with van der Waals surface area (Å²) in [4.78, 5) is 37.0. The number of carbonyl (C=O) groups excluding carboxylic acids is 1. The van der Waals surface area contributed by atoms with E-state index in [1.54, 1.807) is 36.4 Å². The van der Waals surface area contributed by atoms with E-state index in [9.17, 15) is 14.4 Å². The number of amides is 1. The number of fused-ring (bicyclic) bond motifs is 1. The molecule has 1 amide bonds. The summed E-state index contributed by atoms with van der Waals surface area (Å²) in [5.41, 5.74) is 8.85. The predicted molar refractivity (Wildman–Crippen MR) is 102 cm³/mol. The minimum atomic E-state index is -1.16. The van der Waals surface area contributed by atoms with Gasteiger partial charge in [0, 0.05) is 28.1 Å². The number of nitrogens with zero attached hydrogens (tertiary/aromatic N) is 3. The van der Waals surface area contributed by atoms with Crippen LogP contribution in [0.5, 0.6) is 11.5 Å². The molecule has 10 nitrogen and oxygen atoms in total. The maximum Gasteiger partial charge on any atom is 0.336 e. The number of nitrogens with one attached hydrogen (secondary N) is 1. The minimum absolute atomic E-state index is 0.170. The van der Waals surface area contributed by atoms with Gasteiger partial charge in [-0.25, -0.2) is 4.79 Å². The average molecular weight is 394 g/mol. The molecule has 0 fully saturated rings. The van der Waals surface area contributed by atoms with Crippen molar-refractivity contribution in [2.45, 2.75) is 6.42 Å². The third-order valence-electron chi connectivity index (χ3n) is 3.82. The lowest BCUT2D eigenvalue weighted by Gasteiger charge is -2.09. The number of hydrogen-bond donors (Lipinski definition) is 2. The van der Waals surface area contributed by atoms with E-state index in [1.165, 1.54) is 12.1 Å². The van der Waals surface area contributed by atoms with E-state index in [2.05, 4.69) is 15.3 Å². The van der Waals surface area contributed by atoms with Crippen LogP contribution in [0.3, 0.4) is 0 Å². The lowest BCUT2D eigenvalue weighted by atomic mass is 10.1. The standard InChI is InChI=1S/C19H14N4O6/c20-23-22-12-1-3-13(4-2-12)28-14-5-6-15-11(7-17(24)21-10-18(25)26)8-19(27)29-16(15)9-14/h1-6,8-9H,7,10H2,(H,21,24)(H,25,26). The molecule has 0 aliphatic carbocycles. The van der Waals surface area contributed by atoms with Crippen molar-refractivity contribution < 1.29 is 23.8 Å². The van der Waals surface area contributed by atoms with Gasteiger partial charge in [0.05, 0.1) is 6.42 Å². The zero-order valence-electron chi connectivity index (χ0n) is 14.9. The normalized spacial score (nSPS) is 10.2. The molecule has 0 saturated carbocycles. The Labute approximate surface area is 163 Å². The molecular formula is C19H14N4O6. The van der Waals surface area contributed by atoms with Gasteiger partial charge in [-0.05, 0) is 47.5 Å². The van der Waals surface area contributed by atoms with Gasteiger partial charge in [0.15, 0.2) is 0 Å². The number of carboxylic acids is 1. The van der Waals surface area contributed by atoms with Gasteiger partial charge in [0.25, 0.3) is 0 Å². The van der Waals surface area contributed by atoms with Crippen LogP contribution in [0.15, 0.2) is 62.9 Å². The summed E-state index contributed by atoms with van der Waals surface area (Å²) >= 11 is 0. The number of carbonyl (C=O) groups is 2. The SMILES string of the molecule is [N-]=[N+]=Nc1ccc(Oc2ccc3c(CC(=O)NCC(=O)O)cc(=O)oc3c2)cc1. The van der Waals surface area contributed by atoms with Crippen LogP contribution in [-0.2, 0) is 16.0 Å². The maximum atomic E-state index is 11.9. The number of carboxylic acid groups (broad SMARTS) is 1. The first-order valence-electron chi connectivity index (χ1n) is 8.33. The summed E-state index contributed by atoms with van der Waals surface area (Å²) < 4.78 is 10.9. The van der Waals surface area contributed by atoms with E-state index in [4.69, 9.17) is 19.8 Å². The third kappa shape index (κ3) is 5.12. The first-order valence-corrected chi connectivity index (χ1v) is 8.33. The second-order valence-electron chi connectivity index (χ2n) is 5.88. The van der Waals surface area contributed by atoms with Crippen LogP contribution < -0.4 is 15.7 Å². The van der Waals surface area contributed by atoms with Gasteiger partial charge < -0.3 is 19.6 Å². The van der Waals surface area contributed by atoms with Gasteiger partial charge in [-0.3, -0.25) is 9.59 Å². The first kappa shape index (κ1) is 19.5. The molecule has 1 heterocycles. The number of azide groups is 1. The van der Waals surface area contributed by atoms with Gasteiger partial charge >= 0.3 is 11.6 Å². The van der Waals surface area contributed by atoms with E-state index in [-0.39, 0.29) is 12.0 Å². The summed E-state index contributed by atoms with van der Waals surface area (Å²) in [7, 11) is 0. The van der Waals surface area contributed by atoms with Crippen LogP contribution in [0.25, 0.3) is 21.4 Å². The van der Waals surface area contributed by atoms with Gasteiger partial charge in [-0.1, -0.05) is 5.11 Å². The molecule has 0 spiro atoms. The molecule has 0 bridgehead atoms. The second-order valence-corrected chi connectivity index (χ2v) is 5.88. The van der Waals surface area contributed by atoms with Gasteiger partial charge in [-0.15, -0.1) is 0 Å². The lowest BCUT2D eigenvalue weighted by Crippen LogP contribution is -2.30. The Morgan fingerprint density at radius 2 is 1.86 bits per heavy atom. The highest BCUT2D eigenvalue weighted by Gasteiger charge is 2.12. The fraction of sp³-hybridized carbons (Fsp3) is 0.105. The Morgan fingerprint density at radius 1 is 1.14 bits per heavy atom. The fourth-order valence-electron chi connectivity index (χ4n) is 2.60. The predicted octanol–water partition coefficient (Wildman–Crippen LogP) is 3.27. The first-order chi connectivity index (χ1) is 13.9. The Hall–Kier alpha value is -4.30. The van der Waals surface area contributed by atoms with Gasteiger partial charge in [-0.2, -0.15) is 0 Å². The van der Waals surface area contributed by atoms with Crippen molar-refractivity contribution in [2.24, 2.45) is 5.11 Å². The summed E-state index contributed by atoms with van der Waals surface area (Å²) in [5.74, 6) is -0.817.